The molecule has 2 aliphatic rings. The number of morpholine rings is 1. The zero-order valence-corrected chi connectivity index (χ0v) is 18.3. The highest BCUT2D eigenvalue weighted by Gasteiger charge is 2.40. The van der Waals surface area contributed by atoms with Gasteiger partial charge in [-0.1, -0.05) is 30.3 Å². The molecular formula is C24H24F3N5O2. The Morgan fingerprint density at radius 1 is 0.941 bits per heavy atom. The van der Waals surface area contributed by atoms with Gasteiger partial charge in [0.2, 0.25) is 5.95 Å². The van der Waals surface area contributed by atoms with E-state index in [1.807, 2.05) is 54.6 Å². The van der Waals surface area contributed by atoms with E-state index in [1.54, 1.807) is 0 Å². The maximum atomic E-state index is 13.8. The molecule has 0 radical (unpaired) electrons. The predicted molar refractivity (Wildman–Crippen MR) is 122 cm³/mol. The van der Waals surface area contributed by atoms with Gasteiger partial charge in [0.25, 0.3) is 0 Å². The molecule has 1 aromatic heterocycles. The highest BCUT2D eigenvalue weighted by atomic mass is 19.4. The van der Waals surface area contributed by atoms with E-state index >= 15 is 0 Å². The lowest BCUT2D eigenvalue weighted by atomic mass is 10.0. The number of hydrogen-bond acceptors (Lipinski definition) is 7. The van der Waals surface area contributed by atoms with E-state index in [4.69, 9.17) is 9.57 Å². The molecule has 2 saturated heterocycles. The summed E-state index contributed by atoms with van der Waals surface area (Å²) in [6.45, 7) is 3.30. The number of halogens is 3. The maximum Gasteiger partial charge on any atom is 0.421 e. The van der Waals surface area contributed by atoms with Gasteiger partial charge in [0.05, 0.1) is 25.9 Å². The predicted octanol–water partition coefficient (Wildman–Crippen LogP) is 4.96. The molecule has 10 heteroatoms. The molecule has 2 aromatic carbocycles. The first-order chi connectivity index (χ1) is 16.5. The van der Waals surface area contributed by atoms with Crippen LogP contribution in [0, 0.1) is 0 Å². The fraction of sp³-hybridized carbons (Fsp3) is 0.333. The van der Waals surface area contributed by atoms with Gasteiger partial charge in [-0.15, -0.1) is 0 Å². The lowest BCUT2D eigenvalue weighted by molar-refractivity contribution is -0.138. The third-order valence-electron chi connectivity index (χ3n) is 5.87. The fourth-order valence-electron chi connectivity index (χ4n) is 4.16. The number of ether oxygens (including phenoxy) is 1. The Hall–Kier alpha value is -3.37. The molecule has 0 aliphatic carbocycles. The van der Waals surface area contributed by atoms with Crippen LogP contribution in [-0.2, 0) is 15.8 Å². The minimum atomic E-state index is -4.62. The summed E-state index contributed by atoms with van der Waals surface area (Å²) in [7, 11) is 0. The Kier molecular flexibility index (Phi) is 6.25. The number of alkyl halides is 3. The number of aromatic nitrogens is 2. The minimum Gasteiger partial charge on any atom is -0.378 e. The molecule has 1 N–H and O–H groups in total. The van der Waals surface area contributed by atoms with Crippen molar-refractivity contribution in [2.45, 2.75) is 18.6 Å². The van der Waals surface area contributed by atoms with Crippen LogP contribution in [0.25, 0.3) is 0 Å². The van der Waals surface area contributed by atoms with Gasteiger partial charge in [-0.3, -0.25) is 4.84 Å². The van der Waals surface area contributed by atoms with Crippen LogP contribution in [0.15, 0.2) is 60.8 Å². The molecule has 0 bridgehead atoms. The number of rotatable bonds is 5. The Bertz CT molecular complexity index is 1110. The summed E-state index contributed by atoms with van der Waals surface area (Å²) >= 11 is 0. The summed E-state index contributed by atoms with van der Waals surface area (Å²) in [5, 5.41) is 4.27. The molecule has 1 atom stereocenters. The van der Waals surface area contributed by atoms with E-state index in [9.17, 15) is 13.2 Å². The molecule has 2 aliphatic heterocycles. The average molecular weight is 471 g/mol. The Balaban J connectivity index is 1.41. The topological polar surface area (TPSA) is 62.8 Å². The molecule has 3 heterocycles. The second-order valence-corrected chi connectivity index (χ2v) is 8.07. The van der Waals surface area contributed by atoms with Gasteiger partial charge in [-0.05, 0) is 29.8 Å². The molecule has 3 aromatic rings. The van der Waals surface area contributed by atoms with Crippen molar-refractivity contribution in [3.05, 3.63) is 71.9 Å². The van der Waals surface area contributed by atoms with Crippen molar-refractivity contribution < 1.29 is 22.7 Å². The number of nitrogens with one attached hydrogen (secondary N) is 1. The van der Waals surface area contributed by atoms with Crippen LogP contribution in [0.4, 0.5) is 36.3 Å². The van der Waals surface area contributed by atoms with Gasteiger partial charge in [0, 0.05) is 37.1 Å². The zero-order chi connectivity index (χ0) is 23.5. The maximum absolute atomic E-state index is 13.8. The fourth-order valence-corrected chi connectivity index (χ4v) is 4.16. The minimum absolute atomic E-state index is 0.0597. The quantitative estimate of drug-likeness (QED) is 0.564. The molecule has 34 heavy (non-hydrogen) atoms. The first kappa shape index (κ1) is 22.4. The molecule has 178 valence electrons. The van der Waals surface area contributed by atoms with Crippen LogP contribution in [0.3, 0.4) is 0 Å². The van der Waals surface area contributed by atoms with Crippen LogP contribution in [0.2, 0.25) is 0 Å². The highest BCUT2D eigenvalue weighted by molar-refractivity contribution is 5.61. The first-order valence-electron chi connectivity index (χ1n) is 11.1. The van der Waals surface area contributed by atoms with Crippen molar-refractivity contribution in [3.63, 3.8) is 0 Å². The van der Waals surface area contributed by atoms with Gasteiger partial charge in [0.1, 0.15) is 5.56 Å². The van der Waals surface area contributed by atoms with Gasteiger partial charge in [0.15, 0.2) is 5.82 Å². The third kappa shape index (κ3) is 4.78. The van der Waals surface area contributed by atoms with Crippen molar-refractivity contribution in [2.75, 3.05) is 48.2 Å². The average Bonchev–Trinajstić information content (AvgIpc) is 3.35. The highest BCUT2D eigenvalue weighted by Crippen LogP contribution is 2.41. The Morgan fingerprint density at radius 2 is 1.68 bits per heavy atom. The van der Waals surface area contributed by atoms with E-state index in [0.29, 0.717) is 31.9 Å². The van der Waals surface area contributed by atoms with Gasteiger partial charge in [-0.2, -0.15) is 18.2 Å². The second-order valence-electron chi connectivity index (χ2n) is 8.07. The molecule has 7 nitrogen and oxygen atoms in total. The molecule has 5 rings (SSSR count). The largest absolute Gasteiger partial charge is 0.421 e. The zero-order valence-electron chi connectivity index (χ0n) is 18.3. The first-order valence-corrected chi connectivity index (χ1v) is 11.1. The van der Waals surface area contributed by atoms with Crippen molar-refractivity contribution in [2.24, 2.45) is 0 Å². The van der Waals surface area contributed by atoms with Crippen LogP contribution in [-0.4, -0.2) is 42.9 Å². The van der Waals surface area contributed by atoms with E-state index in [1.165, 1.54) is 5.06 Å². The summed E-state index contributed by atoms with van der Waals surface area (Å²) in [5.74, 6) is -0.245. The van der Waals surface area contributed by atoms with E-state index in [-0.39, 0.29) is 17.8 Å². The van der Waals surface area contributed by atoms with Crippen molar-refractivity contribution in [1.29, 1.82) is 0 Å². The van der Waals surface area contributed by atoms with Gasteiger partial charge >= 0.3 is 6.18 Å². The number of hydroxylamine groups is 1. The number of benzene rings is 2. The number of nitrogens with zero attached hydrogens (tertiary/aromatic N) is 4. The normalized spacial score (nSPS) is 18.9. The van der Waals surface area contributed by atoms with Crippen molar-refractivity contribution in [3.8, 4) is 0 Å². The second kappa shape index (κ2) is 9.47. The smallest absolute Gasteiger partial charge is 0.378 e. The lowest BCUT2D eigenvalue weighted by Gasteiger charge is -2.29. The molecule has 0 saturated carbocycles. The SMILES string of the molecule is FC(F)(F)c1cnc(Nc2ccc(N3CCOCC3)cc2)nc1N1OCCC1c1ccccc1. The Labute approximate surface area is 195 Å². The molecule has 1 unspecified atom stereocenters. The summed E-state index contributed by atoms with van der Waals surface area (Å²) in [6, 6.07) is 16.5. The van der Waals surface area contributed by atoms with Gasteiger partial charge < -0.3 is 15.0 Å². The van der Waals surface area contributed by atoms with Crippen LogP contribution in [0.1, 0.15) is 23.6 Å². The van der Waals surface area contributed by atoms with E-state index in [0.717, 1.165) is 30.5 Å². The number of hydrogen-bond donors (Lipinski definition) is 1. The Morgan fingerprint density at radius 3 is 2.38 bits per heavy atom. The summed E-state index contributed by atoms with van der Waals surface area (Å²) < 4.78 is 46.8. The number of anilines is 4. The third-order valence-corrected chi connectivity index (χ3v) is 5.87. The molecular weight excluding hydrogens is 447 g/mol. The monoisotopic (exact) mass is 471 g/mol. The van der Waals surface area contributed by atoms with Crippen LogP contribution in [0.5, 0.6) is 0 Å². The van der Waals surface area contributed by atoms with Crippen molar-refractivity contribution >= 4 is 23.1 Å². The molecule has 2 fully saturated rings. The van der Waals surface area contributed by atoms with E-state index < -0.39 is 11.7 Å². The van der Waals surface area contributed by atoms with E-state index in [2.05, 4.69) is 20.2 Å². The summed E-state index contributed by atoms with van der Waals surface area (Å²) in [6.07, 6.45) is -3.27. The van der Waals surface area contributed by atoms with Crippen LogP contribution < -0.4 is 15.3 Å². The summed E-state index contributed by atoms with van der Waals surface area (Å²) in [5.41, 5.74) is 1.65. The molecule has 0 amide bonds. The van der Waals surface area contributed by atoms with Crippen molar-refractivity contribution in [1.82, 2.24) is 9.97 Å². The molecule has 0 spiro atoms. The van der Waals surface area contributed by atoms with Gasteiger partial charge in [-0.25, -0.2) is 10.0 Å². The standard InChI is InChI=1S/C24H24F3N5O2/c25-24(26,27)20-16-28-23(29-18-6-8-19(9-7-18)31-11-14-33-15-12-31)30-22(20)32-21(10-13-34-32)17-4-2-1-3-5-17/h1-9,16,21H,10-15H2,(H,28,29,30). The van der Waals surface area contributed by atoms with Crippen LogP contribution >= 0.6 is 0 Å². The summed E-state index contributed by atoms with van der Waals surface area (Å²) in [4.78, 5) is 16.0. The lowest BCUT2D eigenvalue weighted by Crippen LogP contribution is -2.36.